The first-order valence-electron chi connectivity index (χ1n) is 4.91. The van der Waals surface area contributed by atoms with Crippen molar-refractivity contribution in [3.05, 3.63) is 28.5 Å². The lowest BCUT2D eigenvalue weighted by Gasteiger charge is -2.11. The third kappa shape index (κ3) is 3.57. The molecule has 0 spiro atoms. The molecule has 1 aromatic carbocycles. The van der Waals surface area contributed by atoms with Gasteiger partial charge in [-0.2, -0.15) is 0 Å². The number of esters is 1. The van der Waals surface area contributed by atoms with Gasteiger partial charge >= 0.3 is 5.97 Å². The van der Waals surface area contributed by atoms with E-state index < -0.39 is 11.8 Å². The highest BCUT2D eigenvalue weighted by atomic mass is 35.5. The van der Waals surface area contributed by atoms with Crippen molar-refractivity contribution in [3.8, 4) is 5.75 Å². The van der Waals surface area contributed by atoms with Crippen LogP contribution in [-0.2, 0) is 4.74 Å². The zero-order valence-corrected chi connectivity index (χ0v) is 10.3. The highest BCUT2D eigenvalue weighted by molar-refractivity contribution is 6.33. The average molecular weight is 262 g/mol. The van der Waals surface area contributed by atoms with Crippen LogP contribution in [-0.4, -0.2) is 25.7 Å². The highest BCUT2D eigenvalue weighted by Crippen LogP contribution is 2.26. The SMILES string of the molecule is COC(=O)c1cc(OC[C@H](C)N)c(F)cc1Cl. The van der Waals surface area contributed by atoms with Crippen molar-refractivity contribution in [3.63, 3.8) is 0 Å². The molecule has 1 rings (SSSR count). The van der Waals surface area contributed by atoms with E-state index >= 15 is 0 Å². The van der Waals surface area contributed by atoms with E-state index in [1.807, 2.05) is 0 Å². The smallest absolute Gasteiger partial charge is 0.339 e. The van der Waals surface area contributed by atoms with Crippen molar-refractivity contribution in [2.24, 2.45) is 5.73 Å². The van der Waals surface area contributed by atoms with Gasteiger partial charge in [-0.1, -0.05) is 11.6 Å². The van der Waals surface area contributed by atoms with Gasteiger partial charge in [-0.05, 0) is 19.1 Å². The lowest BCUT2D eigenvalue weighted by molar-refractivity contribution is 0.0600. The van der Waals surface area contributed by atoms with Gasteiger partial charge in [0, 0.05) is 6.04 Å². The topological polar surface area (TPSA) is 61.5 Å². The minimum absolute atomic E-state index is 0.0255. The van der Waals surface area contributed by atoms with Crippen LogP contribution in [0.2, 0.25) is 5.02 Å². The number of hydrogen-bond acceptors (Lipinski definition) is 4. The molecule has 0 aromatic heterocycles. The van der Waals surface area contributed by atoms with Crippen LogP contribution in [0.3, 0.4) is 0 Å². The van der Waals surface area contributed by atoms with Gasteiger partial charge in [0.2, 0.25) is 0 Å². The van der Waals surface area contributed by atoms with Crippen molar-refractivity contribution in [2.45, 2.75) is 13.0 Å². The zero-order valence-electron chi connectivity index (χ0n) is 9.50. The molecule has 4 nitrogen and oxygen atoms in total. The van der Waals surface area contributed by atoms with Gasteiger partial charge < -0.3 is 15.2 Å². The predicted molar refractivity (Wildman–Crippen MR) is 61.9 cm³/mol. The fourth-order valence-electron chi connectivity index (χ4n) is 1.13. The number of benzene rings is 1. The quantitative estimate of drug-likeness (QED) is 0.842. The van der Waals surface area contributed by atoms with Crippen LogP contribution in [0.25, 0.3) is 0 Å². The van der Waals surface area contributed by atoms with Gasteiger partial charge in [-0.25, -0.2) is 9.18 Å². The van der Waals surface area contributed by atoms with Gasteiger partial charge in [0.05, 0.1) is 17.7 Å². The molecule has 17 heavy (non-hydrogen) atoms. The molecule has 0 aliphatic rings. The van der Waals surface area contributed by atoms with Crippen LogP contribution in [0, 0.1) is 5.82 Å². The second kappa shape index (κ2) is 5.84. The number of rotatable bonds is 4. The molecule has 6 heteroatoms. The Morgan fingerprint density at radius 1 is 1.59 bits per heavy atom. The van der Waals surface area contributed by atoms with Crippen LogP contribution < -0.4 is 10.5 Å². The molecule has 94 valence electrons. The molecule has 0 aliphatic heterocycles. The van der Waals surface area contributed by atoms with Crippen LogP contribution in [0.5, 0.6) is 5.75 Å². The van der Waals surface area contributed by atoms with Gasteiger partial charge in [0.25, 0.3) is 0 Å². The first-order valence-corrected chi connectivity index (χ1v) is 5.29. The molecule has 0 saturated heterocycles. The van der Waals surface area contributed by atoms with Gasteiger partial charge in [0.1, 0.15) is 6.61 Å². The maximum absolute atomic E-state index is 13.4. The second-order valence-corrected chi connectivity index (χ2v) is 3.95. The third-order valence-electron chi connectivity index (χ3n) is 1.93. The summed E-state index contributed by atoms with van der Waals surface area (Å²) in [6.45, 7) is 1.86. The Hall–Kier alpha value is -1.33. The number of hydrogen-bond donors (Lipinski definition) is 1. The molecule has 1 aromatic rings. The normalized spacial score (nSPS) is 12.1. The van der Waals surface area contributed by atoms with Crippen molar-refractivity contribution < 1.29 is 18.7 Å². The van der Waals surface area contributed by atoms with Gasteiger partial charge in [0.15, 0.2) is 11.6 Å². The first-order chi connectivity index (χ1) is 7.95. The maximum Gasteiger partial charge on any atom is 0.339 e. The summed E-state index contributed by atoms with van der Waals surface area (Å²) in [5.74, 6) is -1.38. The Kier molecular flexibility index (Phi) is 4.72. The molecular weight excluding hydrogens is 249 g/mol. The fourth-order valence-corrected chi connectivity index (χ4v) is 1.35. The molecule has 0 radical (unpaired) electrons. The third-order valence-corrected chi connectivity index (χ3v) is 2.24. The van der Waals surface area contributed by atoms with Crippen LogP contribution in [0.1, 0.15) is 17.3 Å². The van der Waals surface area contributed by atoms with Gasteiger partial charge in [-0.15, -0.1) is 0 Å². The van der Waals surface area contributed by atoms with E-state index in [0.717, 1.165) is 6.07 Å². The number of ether oxygens (including phenoxy) is 2. The summed E-state index contributed by atoms with van der Waals surface area (Å²) in [5.41, 5.74) is 5.53. The molecule has 0 amide bonds. The number of halogens is 2. The highest BCUT2D eigenvalue weighted by Gasteiger charge is 2.16. The molecule has 0 aliphatic carbocycles. The summed E-state index contributed by atoms with van der Waals surface area (Å²) in [5, 5.41) is -0.0255. The first kappa shape index (κ1) is 13.7. The molecule has 2 N–H and O–H groups in total. The summed E-state index contributed by atoms with van der Waals surface area (Å²) in [7, 11) is 1.21. The number of nitrogens with two attached hydrogens (primary N) is 1. The van der Waals surface area contributed by atoms with Crippen molar-refractivity contribution in [1.82, 2.24) is 0 Å². The summed E-state index contributed by atoms with van der Waals surface area (Å²) in [4.78, 5) is 11.3. The van der Waals surface area contributed by atoms with Crippen molar-refractivity contribution >= 4 is 17.6 Å². The Labute approximate surface area is 103 Å². The molecule has 0 heterocycles. The van der Waals surface area contributed by atoms with E-state index in [9.17, 15) is 9.18 Å². The Bertz CT molecular complexity index is 423. The molecule has 1 atom stereocenters. The van der Waals surface area contributed by atoms with Crippen LogP contribution in [0.4, 0.5) is 4.39 Å². The predicted octanol–water partition coefficient (Wildman–Crippen LogP) is 1.99. The number of carbonyl (C=O) groups excluding carboxylic acids is 1. The summed E-state index contributed by atoms with van der Waals surface area (Å²) >= 11 is 5.72. The van der Waals surface area contributed by atoms with E-state index in [1.54, 1.807) is 6.92 Å². The minimum Gasteiger partial charge on any atom is -0.489 e. The summed E-state index contributed by atoms with van der Waals surface area (Å²) in [6.07, 6.45) is 0. The summed E-state index contributed by atoms with van der Waals surface area (Å²) in [6, 6.07) is 1.96. The van der Waals surface area contributed by atoms with Gasteiger partial charge in [-0.3, -0.25) is 0 Å². The number of methoxy groups -OCH3 is 1. The molecular formula is C11H13ClFNO3. The Morgan fingerprint density at radius 2 is 2.24 bits per heavy atom. The second-order valence-electron chi connectivity index (χ2n) is 3.54. The zero-order chi connectivity index (χ0) is 13.0. The monoisotopic (exact) mass is 261 g/mol. The fraction of sp³-hybridized carbons (Fsp3) is 0.364. The van der Waals surface area contributed by atoms with E-state index in [2.05, 4.69) is 4.74 Å². The van der Waals surface area contributed by atoms with E-state index in [1.165, 1.54) is 13.2 Å². The summed E-state index contributed by atoms with van der Waals surface area (Å²) < 4.78 is 23.1. The molecule has 0 unspecified atom stereocenters. The Morgan fingerprint density at radius 3 is 2.76 bits per heavy atom. The van der Waals surface area contributed by atoms with Crippen LogP contribution >= 0.6 is 11.6 Å². The molecule has 0 saturated carbocycles. The maximum atomic E-state index is 13.4. The van der Waals surface area contributed by atoms with E-state index in [4.69, 9.17) is 22.1 Å². The number of carbonyl (C=O) groups is 1. The van der Waals surface area contributed by atoms with Crippen molar-refractivity contribution in [1.29, 1.82) is 0 Å². The van der Waals surface area contributed by atoms with Crippen LogP contribution in [0.15, 0.2) is 12.1 Å². The lowest BCUT2D eigenvalue weighted by atomic mass is 10.2. The average Bonchev–Trinajstić information content (AvgIpc) is 2.26. The minimum atomic E-state index is -0.652. The lowest BCUT2D eigenvalue weighted by Crippen LogP contribution is -2.24. The standard InChI is InChI=1S/C11H13ClFNO3/c1-6(14)5-17-10-3-7(11(15)16-2)8(12)4-9(10)13/h3-4,6H,5,14H2,1-2H3/t6-/m0/s1. The van der Waals surface area contributed by atoms with E-state index in [0.29, 0.717) is 0 Å². The largest absolute Gasteiger partial charge is 0.489 e. The Balaban J connectivity index is 3.01. The van der Waals surface area contributed by atoms with E-state index in [-0.39, 0.29) is 29.0 Å². The molecule has 0 bridgehead atoms. The molecule has 0 fully saturated rings. The van der Waals surface area contributed by atoms with Crippen molar-refractivity contribution in [2.75, 3.05) is 13.7 Å².